The molecule has 0 unspecified atom stereocenters. The van der Waals surface area contributed by atoms with Gasteiger partial charge in [0, 0.05) is 17.0 Å². The summed E-state index contributed by atoms with van der Waals surface area (Å²) in [6, 6.07) is 7.12. The number of carbonyl (C=O) groups excluding carboxylic acids is 1. The standard InChI is InChI=1S/C16H20N4O/c1-9(2)13-7-12(8-14(17)19-13)16(21)20-15-6-10(3)5-11(4)18-15/h5-9H,1-4H3,(H2,17,19)(H,18,20,21). The minimum Gasteiger partial charge on any atom is -0.384 e. The van der Waals surface area contributed by atoms with Crippen molar-refractivity contribution >= 4 is 17.5 Å². The van der Waals surface area contributed by atoms with E-state index in [-0.39, 0.29) is 11.8 Å². The summed E-state index contributed by atoms with van der Waals surface area (Å²) in [5.41, 5.74) is 8.98. The number of hydrogen-bond acceptors (Lipinski definition) is 4. The van der Waals surface area contributed by atoms with Crippen LogP contribution in [0.15, 0.2) is 24.3 Å². The van der Waals surface area contributed by atoms with E-state index in [1.807, 2.05) is 39.8 Å². The van der Waals surface area contributed by atoms with Crippen LogP contribution >= 0.6 is 0 Å². The normalized spacial score (nSPS) is 10.7. The lowest BCUT2D eigenvalue weighted by Crippen LogP contribution is -2.15. The van der Waals surface area contributed by atoms with Crippen LogP contribution in [0.25, 0.3) is 0 Å². The molecule has 2 rings (SSSR count). The molecule has 5 nitrogen and oxygen atoms in total. The molecule has 0 saturated carbocycles. The Labute approximate surface area is 124 Å². The molecule has 2 aromatic rings. The van der Waals surface area contributed by atoms with E-state index in [1.54, 1.807) is 12.1 Å². The molecule has 1 amide bonds. The fourth-order valence-corrected chi connectivity index (χ4v) is 2.09. The molecule has 110 valence electrons. The number of hydrogen-bond donors (Lipinski definition) is 2. The Hall–Kier alpha value is -2.43. The highest BCUT2D eigenvalue weighted by atomic mass is 16.1. The maximum atomic E-state index is 12.3. The summed E-state index contributed by atoms with van der Waals surface area (Å²) in [6.07, 6.45) is 0. The quantitative estimate of drug-likeness (QED) is 0.907. The zero-order valence-corrected chi connectivity index (χ0v) is 12.8. The number of aromatic nitrogens is 2. The molecule has 0 aliphatic heterocycles. The van der Waals surface area contributed by atoms with Crippen molar-refractivity contribution in [2.45, 2.75) is 33.6 Å². The zero-order valence-electron chi connectivity index (χ0n) is 12.8. The summed E-state index contributed by atoms with van der Waals surface area (Å²) >= 11 is 0. The average molecular weight is 284 g/mol. The lowest BCUT2D eigenvalue weighted by Gasteiger charge is -2.10. The molecule has 0 saturated heterocycles. The smallest absolute Gasteiger partial charge is 0.257 e. The Morgan fingerprint density at radius 2 is 1.86 bits per heavy atom. The van der Waals surface area contributed by atoms with Gasteiger partial charge >= 0.3 is 0 Å². The van der Waals surface area contributed by atoms with E-state index in [4.69, 9.17) is 5.73 Å². The number of anilines is 2. The fourth-order valence-electron chi connectivity index (χ4n) is 2.09. The van der Waals surface area contributed by atoms with Crippen molar-refractivity contribution in [2.75, 3.05) is 11.1 Å². The molecule has 0 aliphatic carbocycles. The largest absolute Gasteiger partial charge is 0.384 e. The summed E-state index contributed by atoms with van der Waals surface area (Å²) in [6.45, 7) is 7.87. The van der Waals surface area contributed by atoms with E-state index in [0.29, 0.717) is 17.2 Å². The predicted molar refractivity (Wildman–Crippen MR) is 84.4 cm³/mol. The molecule has 2 heterocycles. The van der Waals surface area contributed by atoms with Gasteiger partial charge in [-0.3, -0.25) is 4.79 Å². The van der Waals surface area contributed by atoms with Gasteiger partial charge in [-0.2, -0.15) is 0 Å². The summed E-state index contributed by atoms with van der Waals surface area (Å²) in [7, 11) is 0. The van der Waals surface area contributed by atoms with Gasteiger partial charge in [0.2, 0.25) is 0 Å². The zero-order chi connectivity index (χ0) is 15.6. The Kier molecular flexibility index (Phi) is 4.21. The molecule has 2 aromatic heterocycles. The van der Waals surface area contributed by atoms with E-state index in [9.17, 15) is 4.79 Å². The second-order valence-corrected chi connectivity index (χ2v) is 5.49. The summed E-state index contributed by atoms with van der Waals surface area (Å²) in [4.78, 5) is 20.9. The minimum atomic E-state index is -0.233. The molecular weight excluding hydrogens is 264 g/mol. The fraction of sp³-hybridized carbons (Fsp3) is 0.312. The highest BCUT2D eigenvalue weighted by molar-refractivity contribution is 6.04. The van der Waals surface area contributed by atoms with Gasteiger partial charge in [-0.1, -0.05) is 13.8 Å². The first kappa shape index (κ1) is 15.0. The molecule has 0 atom stereocenters. The molecule has 0 radical (unpaired) electrons. The van der Waals surface area contributed by atoms with Crippen molar-refractivity contribution in [3.05, 3.63) is 46.8 Å². The Morgan fingerprint density at radius 1 is 1.14 bits per heavy atom. The van der Waals surface area contributed by atoms with Crippen LogP contribution in [0, 0.1) is 13.8 Å². The highest BCUT2D eigenvalue weighted by Crippen LogP contribution is 2.17. The Balaban J connectivity index is 2.28. The van der Waals surface area contributed by atoms with Gasteiger partial charge in [-0.25, -0.2) is 9.97 Å². The van der Waals surface area contributed by atoms with Gasteiger partial charge in [0.1, 0.15) is 11.6 Å². The number of carbonyl (C=O) groups is 1. The minimum absolute atomic E-state index is 0.208. The van der Waals surface area contributed by atoms with Gasteiger partial charge in [0.25, 0.3) is 5.91 Å². The molecule has 0 fully saturated rings. The maximum absolute atomic E-state index is 12.3. The molecule has 3 N–H and O–H groups in total. The first-order valence-corrected chi connectivity index (χ1v) is 6.89. The number of nitrogens with one attached hydrogen (secondary N) is 1. The van der Waals surface area contributed by atoms with Crippen LogP contribution in [0.4, 0.5) is 11.6 Å². The van der Waals surface area contributed by atoms with Crippen molar-refractivity contribution in [3.63, 3.8) is 0 Å². The van der Waals surface area contributed by atoms with E-state index in [1.165, 1.54) is 0 Å². The first-order chi connectivity index (χ1) is 9.85. The molecular formula is C16H20N4O. The number of nitrogens with two attached hydrogens (primary N) is 1. The monoisotopic (exact) mass is 284 g/mol. The molecule has 21 heavy (non-hydrogen) atoms. The van der Waals surface area contributed by atoms with Crippen molar-refractivity contribution in [2.24, 2.45) is 0 Å². The number of amides is 1. The van der Waals surface area contributed by atoms with Gasteiger partial charge in [-0.15, -0.1) is 0 Å². The average Bonchev–Trinajstić information content (AvgIpc) is 2.36. The van der Waals surface area contributed by atoms with Crippen LogP contribution in [0.2, 0.25) is 0 Å². The molecule has 0 bridgehead atoms. The highest BCUT2D eigenvalue weighted by Gasteiger charge is 2.12. The topological polar surface area (TPSA) is 80.9 Å². The lowest BCUT2D eigenvalue weighted by atomic mass is 10.1. The maximum Gasteiger partial charge on any atom is 0.257 e. The van der Waals surface area contributed by atoms with Crippen molar-refractivity contribution < 1.29 is 4.79 Å². The van der Waals surface area contributed by atoms with Gasteiger partial charge in [-0.05, 0) is 49.6 Å². The third kappa shape index (κ3) is 3.78. The van der Waals surface area contributed by atoms with Crippen LogP contribution in [0.5, 0.6) is 0 Å². The Bertz CT molecular complexity index is 660. The summed E-state index contributed by atoms with van der Waals surface area (Å²) < 4.78 is 0. The van der Waals surface area contributed by atoms with Gasteiger partial charge in [0.15, 0.2) is 0 Å². The number of pyridine rings is 2. The van der Waals surface area contributed by atoms with Crippen molar-refractivity contribution in [3.8, 4) is 0 Å². The van der Waals surface area contributed by atoms with Crippen LogP contribution in [0.1, 0.15) is 47.1 Å². The van der Waals surface area contributed by atoms with E-state index in [0.717, 1.165) is 17.0 Å². The molecule has 0 aliphatic rings. The second kappa shape index (κ2) is 5.91. The van der Waals surface area contributed by atoms with Crippen LogP contribution < -0.4 is 11.1 Å². The number of rotatable bonds is 3. The molecule has 0 spiro atoms. The third-order valence-corrected chi connectivity index (χ3v) is 3.06. The third-order valence-electron chi connectivity index (χ3n) is 3.06. The van der Waals surface area contributed by atoms with E-state index in [2.05, 4.69) is 15.3 Å². The number of nitrogen functional groups attached to an aromatic ring is 1. The first-order valence-electron chi connectivity index (χ1n) is 6.89. The number of aryl methyl sites for hydroxylation is 2. The number of nitrogens with zero attached hydrogens (tertiary/aromatic N) is 2. The second-order valence-electron chi connectivity index (χ2n) is 5.49. The summed E-state index contributed by atoms with van der Waals surface area (Å²) in [5, 5.41) is 2.80. The molecule has 5 heteroatoms. The van der Waals surface area contributed by atoms with Gasteiger partial charge in [0.05, 0.1) is 0 Å². The van der Waals surface area contributed by atoms with Crippen LogP contribution in [0.3, 0.4) is 0 Å². The lowest BCUT2D eigenvalue weighted by molar-refractivity contribution is 0.102. The SMILES string of the molecule is Cc1cc(C)nc(NC(=O)c2cc(N)nc(C(C)C)c2)c1. The van der Waals surface area contributed by atoms with Crippen LogP contribution in [-0.4, -0.2) is 15.9 Å². The van der Waals surface area contributed by atoms with E-state index < -0.39 is 0 Å². The van der Waals surface area contributed by atoms with E-state index >= 15 is 0 Å². The molecule has 0 aromatic carbocycles. The van der Waals surface area contributed by atoms with Crippen molar-refractivity contribution in [1.82, 2.24) is 9.97 Å². The predicted octanol–water partition coefficient (Wildman–Crippen LogP) is 3.05. The van der Waals surface area contributed by atoms with Gasteiger partial charge < -0.3 is 11.1 Å². The summed E-state index contributed by atoms with van der Waals surface area (Å²) in [5.74, 6) is 0.863. The van der Waals surface area contributed by atoms with Crippen LogP contribution in [-0.2, 0) is 0 Å². The van der Waals surface area contributed by atoms with Crippen molar-refractivity contribution in [1.29, 1.82) is 0 Å². The Morgan fingerprint density at radius 3 is 2.48 bits per heavy atom.